The van der Waals surface area contributed by atoms with Crippen LogP contribution in [0.5, 0.6) is 11.5 Å². The molecular weight excluding hydrogens is 777 g/mol. The molecule has 8 nitrogen and oxygen atoms in total. The van der Waals surface area contributed by atoms with Crippen LogP contribution in [0.3, 0.4) is 0 Å². The zero-order valence-corrected chi connectivity index (χ0v) is 33.6. The topological polar surface area (TPSA) is 111 Å². The first-order valence-electron chi connectivity index (χ1n) is 19.1. The molecule has 2 aliphatic heterocycles. The third-order valence-corrected chi connectivity index (χ3v) is 10.9. The first-order chi connectivity index (χ1) is 28.8. The van der Waals surface area contributed by atoms with Crippen LogP contribution in [0.25, 0.3) is 34.4 Å². The van der Waals surface area contributed by atoms with Crippen molar-refractivity contribution in [3.63, 3.8) is 0 Å². The molecule has 0 spiro atoms. The molecule has 4 amide bonds. The Labute approximate surface area is 351 Å². The lowest BCUT2D eigenvalue weighted by Gasteiger charge is -2.08. The van der Waals surface area contributed by atoms with Gasteiger partial charge in [-0.3, -0.25) is 29.8 Å². The molecule has 59 heavy (non-hydrogen) atoms. The number of benzene rings is 6. The van der Waals surface area contributed by atoms with Gasteiger partial charge in [0, 0.05) is 0 Å². The second-order valence-corrected chi connectivity index (χ2v) is 15.6. The zero-order chi connectivity index (χ0) is 40.8. The molecule has 0 aromatic heterocycles. The summed E-state index contributed by atoms with van der Waals surface area (Å²) in [4.78, 5) is 46.4. The van der Waals surface area contributed by atoms with Gasteiger partial charge in [-0.05, 0) is 124 Å². The van der Waals surface area contributed by atoms with Gasteiger partial charge in [-0.1, -0.05) is 133 Å². The van der Waals surface area contributed by atoms with Crippen LogP contribution < -0.4 is 20.1 Å². The fourth-order valence-corrected chi connectivity index (χ4v) is 7.54. The summed E-state index contributed by atoms with van der Waals surface area (Å²) in [6, 6.07) is 52.7. The molecule has 6 aromatic rings. The van der Waals surface area contributed by atoms with Crippen molar-refractivity contribution >= 4 is 58.0 Å². The lowest BCUT2D eigenvalue weighted by Crippen LogP contribution is -2.17. The molecule has 2 fully saturated rings. The number of amides is 4. The molecule has 0 bridgehead atoms. The van der Waals surface area contributed by atoms with Crippen LogP contribution in [0.2, 0.25) is 0 Å². The molecular formula is C49H40N2O6S2. The summed E-state index contributed by atoms with van der Waals surface area (Å²) in [6.07, 6.45) is 6.47. The highest BCUT2D eigenvalue weighted by Gasteiger charge is 2.25. The Balaban J connectivity index is 0.000000180. The van der Waals surface area contributed by atoms with Gasteiger partial charge in [0.05, 0.1) is 16.4 Å². The van der Waals surface area contributed by atoms with Crippen molar-refractivity contribution in [1.29, 1.82) is 0 Å². The average molecular weight is 817 g/mol. The van der Waals surface area contributed by atoms with Gasteiger partial charge in [0.25, 0.3) is 22.3 Å². The van der Waals surface area contributed by atoms with E-state index in [0.29, 0.717) is 23.0 Å². The predicted octanol–water partition coefficient (Wildman–Crippen LogP) is 11.3. The lowest BCUT2D eigenvalue weighted by atomic mass is 10.0. The second kappa shape index (κ2) is 20.2. The summed E-state index contributed by atoms with van der Waals surface area (Å²) in [5.74, 6) is 0.849. The summed E-state index contributed by atoms with van der Waals surface area (Å²) in [6.45, 7) is 1.14. The summed E-state index contributed by atoms with van der Waals surface area (Å²) in [5.41, 5.74) is 8.97. The summed E-state index contributed by atoms with van der Waals surface area (Å²) in [7, 11) is 0. The number of imide groups is 2. The maximum absolute atomic E-state index is 11.6. The normalized spacial score (nSPS) is 14.8. The Morgan fingerprint density at radius 1 is 0.441 bits per heavy atom. The van der Waals surface area contributed by atoms with Crippen LogP contribution in [0.15, 0.2) is 168 Å². The molecule has 0 unspecified atom stereocenters. The largest absolute Gasteiger partial charge is 0.494 e. The van der Waals surface area contributed by atoms with Crippen molar-refractivity contribution in [2.24, 2.45) is 0 Å². The van der Waals surface area contributed by atoms with Gasteiger partial charge < -0.3 is 9.47 Å². The van der Waals surface area contributed by atoms with Crippen molar-refractivity contribution in [3.05, 3.63) is 190 Å². The fraction of sp³-hybridized carbons (Fsp3) is 0.102. The number of hydrogen-bond acceptors (Lipinski definition) is 8. The van der Waals surface area contributed by atoms with Crippen molar-refractivity contribution in [2.45, 2.75) is 25.9 Å². The van der Waals surface area contributed by atoms with Gasteiger partial charge in [0.15, 0.2) is 0 Å². The van der Waals surface area contributed by atoms with Crippen LogP contribution in [0.1, 0.15) is 35.1 Å². The van der Waals surface area contributed by atoms with E-state index in [-0.39, 0.29) is 22.3 Å². The van der Waals surface area contributed by atoms with Gasteiger partial charge in [-0.15, -0.1) is 0 Å². The van der Waals surface area contributed by atoms with E-state index in [4.69, 9.17) is 9.47 Å². The van der Waals surface area contributed by atoms with Gasteiger partial charge in [-0.2, -0.15) is 0 Å². The van der Waals surface area contributed by atoms with E-state index in [1.165, 1.54) is 27.8 Å². The second-order valence-electron chi connectivity index (χ2n) is 13.6. The predicted molar refractivity (Wildman–Crippen MR) is 238 cm³/mol. The van der Waals surface area contributed by atoms with Gasteiger partial charge in [-0.25, -0.2) is 0 Å². The monoisotopic (exact) mass is 816 g/mol. The number of unbranched alkanes of at least 4 members (excludes halogenated alkanes) is 1. The van der Waals surface area contributed by atoms with Gasteiger partial charge in [0.1, 0.15) is 18.1 Å². The van der Waals surface area contributed by atoms with Crippen LogP contribution in [-0.4, -0.2) is 28.9 Å². The molecule has 0 radical (unpaired) electrons. The quantitative estimate of drug-likeness (QED) is 0.0876. The smallest absolute Gasteiger partial charge is 0.290 e. The summed E-state index contributed by atoms with van der Waals surface area (Å²) in [5, 5.41) is 3.83. The van der Waals surface area contributed by atoms with Crippen LogP contribution in [0.4, 0.5) is 9.59 Å². The molecule has 2 N–H and O–H groups in total. The van der Waals surface area contributed by atoms with Gasteiger partial charge in [0.2, 0.25) is 0 Å². The number of hydrogen-bond donors (Lipinski definition) is 2. The van der Waals surface area contributed by atoms with E-state index >= 15 is 0 Å². The number of carbonyl (C=O) groups is 4. The summed E-state index contributed by atoms with van der Waals surface area (Å²) >= 11 is 1.83. The average Bonchev–Trinajstić information content (AvgIpc) is 3.77. The van der Waals surface area contributed by atoms with Crippen molar-refractivity contribution in [2.75, 3.05) is 6.61 Å². The highest BCUT2D eigenvalue weighted by molar-refractivity contribution is 8.18. The molecule has 0 aliphatic carbocycles. The molecule has 10 heteroatoms. The van der Waals surface area contributed by atoms with Crippen LogP contribution in [-0.2, 0) is 22.6 Å². The molecule has 294 valence electrons. The first-order valence-corrected chi connectivity index (χ1v) is 20.7. The maximum atomic E-state index is 11.6. The third kappa shape index (κ3) is 12.0. The summed E-state index contributed by atoms with van der Waals surface area (Å²) < 4.78 is 11.7. The van der Waals surface area contributed by atoms with E-state index in [2.05, 4.69) is 95.6 Å². The Morgan fingerprint density at radius 2 is 0.864 bits per heavy atom. The minimum Gasteiger partial charge on any atom is -0.494 e. The molecule has 8 rings (SSSR count). The minimum atomic E-state index is -0.353. The van der Waals surface area contributed by atoms with E-state index in [1.54, 1.807) is 12.2 Å². The highest BCUT2D eigenvalue weighted by Crippen LogP contribution is 2.28. The highest BCUT2D eigenvalue weighted by atomic mass is 32.2. The van der Waals surface area contributed by atoms with E-state index in [1.807, 2.05) is 72.8 Å². The number of carbonyl (C=O) groups excluding carboxylic acids is 4. The Hall–Kier alpha value is -6.62. The van der Waals surface area contributed by atoms with E-state index < -0.39 is 0 Å². The Kier molecular flexibility index (Phi) is 13.9. The number of nitrogens with one attached hydrogen (secondary N) is 2. The molecule has 2 heterocycles. The van der Waals surface area contributed by atoms with Crippen molar-refractivity contribution < 1.29 is 28.7 Å². The van der Waals surface area contributed by atoms with Crippen molar-refractivity contribution in [3.8, 4) is 33.8 Å². The maximum Gasteiger partial charge on any atom is 0.290 e. The van der Waals surface area contributed by atoms with E-state index in [9.17, 15) is 19.2 Å². The SMILES string of the molecule is O=C1NC(=O)C(=Cc2ccc(OCCCCc3ccc(-c4ccccc4)cc3)cc2)S1.O=C1NC(=O)C(=Cc2ccc(OCc3ccc(-c4ccccc4)cc3)cc2)S1. The molecule has 6 aromatic carbocycles. The van der Waals surface area contributed by atoms with Crippen molar-refractivity contribution in [1.82, 2.24) is 10.6 Å². The van der Waals surface area contributed by atoms with Crippen LogP contribution >= 0.6 is 23.5 Å². The standard InChI is InChI=1S/C26H23NO3S.C23H17NO3S/c28-25-24(31-26(29)27-25)18-20-11-15-23(16-12-20)30-17-5-4-6-19-9-13-22(14-10-19)21-7-2-1-3-8-21;25-22-21(28-23(26)24-22)14-16-8-12-20(13-9-16)27-15-17-6-10-19(11-7-17)18-4-2-1-3-5-18/h1-3,7-16,18H,4-6,17H2,(H,27,28,29);1-14H,15H2,(H,24,25,26). The number of ether oxygens (including phenoxy) is 2. The molecule has 2 saturated heterocycles. The lowest BCUT2D eigenvalue weighted by molar-refractivity contribution is -0.116. The Bertz CT molecular complexity index is 2450. The number of thioether (sulfide) groups is 2. The number of rotatable bonds is 13. The Morgan fingerprint density at radius 3 is 1.31 bits per heavy atom. The molecule has 0 atom stereocenters. The van der Waals surface area contributed by atoms with Crippen LogP contribution in [0, 0.1) is 0 Å². The third-order valence-electron chi connectivity index (χ3n) is 9.30. The molecule has 2 aliphatic rings. The minimum absolute atomic E-state index is 0.330. The van der Waals surface area contributed by atoms with Gasteiger partial charge >= 0.3 is 0 Å². The fourth-order valence-electron chi connectivity index (χ4n) is 6.17. The first kappa shape index (κ1) is 40.6. The van der Waals surface area contributed by atoms with E-state index in [0.717, 1.165) is 71.0 Å². The number of aryl methyl sites for hydroxylation is 1. The zero-order valence-electron chi connectivity index (χ0n) is 32.0. The molecule has 0 saturated carbocycles.